The van der Waals surface area contributed by atoms with Gasteiger partial charge in [-0.2, -0.15) is 0 Å². The van der Waals surface area contributed by atoms with E-state index in [2.05, 4.69) is 39.8 Å². The molecular formula is C19H29N3O2. The maximum absolute atomic E-state index is 12.2. The van der Waals surface area contributed by atoms with Crippen molar-refractivity contribution in [1.82, 2.24) is 15.5 Å². The molecule has 2 amide bonds. The Morgan fingerprint density at radius 1 is 1.12 bits per heavy atom. The third-order valence-corrected chi connectivity index (χ3v) is 5.03. The van der Waals surface area contributed by atoms with E-state index in [0.29, 0.717) is 6.54 Å². The van der Waals surface area contributed by atoms with Crippen molar-refractivity contribution < 1.29 is 9.53 Å². The fourth-order valence-electron chi connectivity index (χ4n) is 3.63. The van der Waals surface area contributed by atoms with Crippen LogP contribution >= 0.6 is 0 Å². The second kappa shape index (κ2) is 9.04. The molecule has 132 valence electrons. The van der Waals surface area contributed by atoms with Gasteiger partial charge in [0.2, 0.25) is 0 Å². The Balaban J connectivity index is 1.56. The van der Waals surface area contributed by atoms with Crippen LogP contribution in [0.1, 0.15) is 43.7 Å². The van der Waals surface area contributed by atoms with Crippen LogP contribution in [0.5, 0.6) is 0 Å². The molecule has 0 radical (unpaired) electrons. The molecule has 0 saturated carbocycles. The maximum atomic E-state index is 12.2. The van der Waals surface area contributed by atoms with Gasteiger partial charge < -0.3 is 15.4 Å². The number of hydrogen-bond acceptors (Lipinski definition) is 3. The van der Waals surface area contributed by atoms with Crippen LogP contribution in [0.25, 0.3) is 0 Å². The Bertz CT molecular complexity index is 497. The molecule has 2 N–H and O–H groups in total. The van der Waals surface area contributed by atoms with Crippen molar-refractivity contribution in [3.8, 4) is 0 Å². The number of hydrogen-bond donors (Lipinski definition) is 2. The number of nitrogens with zero attached hydrogens (tertiary/aromatic N) is 1. The molecule has 2 aliphatic rings. The zero-order valence-corrected chi connectivity index (χ0v) is 14.4. The van der Waals surface area contributed by atoms with E-state index in [1.165, 1.54) is 24.8 Å². The van der Waals surface area contributed by atoms with Gasteiger partial charge in [-0.05, 0) is 44.3 Å². The summed E-state index contributed by atoms with van der Waals surface area (Å²) in [5.41, 5.74) is 1.28. The molecule has 24 heavy (non-hydrogen) atoms. The van der Waals surface area contributed by atoms with Gasteiger partial charge in [0.1, 0.15) is 0 Å². The monoisotopic (exact) mass is 331 g/mol. The molecule has 1 aromatic rings. The lowest BCUT2D eigenvalue weighted by atomic mass is 10.0. The highest BCUT2D eigenvalue weighted by atomic mass is 16.5. The molecule has 2 saturated heterocycles. The summed E-state index contributed by atoms with van der Waals surface area (Å²) in [6, 6.07) is 11.0. The molecule has 0 aromatic heterocycles. The smallest absolute Gasteiger partial charge is 0.315 e. The average molecular weight is 331 g/mol. The van der Waals surface area contributed by atoms with Gasteiger partial charge >= 0.3 is 6.03 Å². The normalized spacial score (nSPS) is 21.2. The summed E-state index contributed by atoms with van der Waals surface area (Å²) in [4.78, 5) is 14.8. The number of amides is 2. The van der Waals surface area contributed by atoms with Crippen molar-refractivity contribution in [2.24, 2.45) is 0 Å². The van der Waals surface area contributed by atoms with E-state index < -0.39 is 0 Å². The lowest BCUT2D eigenvalue weighted by Gasteiger charge is -2.35. The Morgan fingerprint density at radius 3 is 2.54 bits per heavy atom. The lowest BCUT2D eigenvalue weighted by molar-refractivity contribution is 0.0799. The van der Waals surface area contributed by atoms with E-state index in [0.717, 1.165) is 39.1 Å². The summed E-state index contributed by atoms with van der Waals surface area (Å²) in [5, 5.41) is 6.17. The predicted octanol–water partition coefficient (Wildman–Crippen LogP) is 2.69. The standard InChI is InChI=1S/C19H29N3O2/c23-19(21-17-9-13-24-14-10-17)20-15-18(16-7-3-1-4-8-16)22-11-5-2-6-12-22/h1,3-4,7-8,17-18H,2,5-6,9-15H2,(H2,20,21,23). The van der Waals surface area contributed by atoms with Crippen LogP contribution in [-0.2, 0) is 4.74 Å². The molecule has 3 rings (SSSR count). The molecule has 2 aliphatic heterocycles. The Kier molecular flexibility index (Phi) is 6.49. The molecule has 5 heteroatoms. The number of carbonyl (C=O) groups is 1. The van der Waals surface area contributed by atoms with Crippen molar-refractivity contribution in [3.05, 3.63) is 35.9 Å². The summed E-state index contributed by atoms with van der Waals surface area (Å²) in [7, 11) is 0. The molecule has 1 unspecified atom stereocenters. The topological polar surface area (TPSA) is 53.6 Å². The third kappa shape index (κ3) is 4.95. The van der Waals surface area contributed by atoms with Crippen molar-refractivity contribution in [1.29, 1.82) is 0 Å². The van der Waals surface area contributed by atoms with E-state index in [9.17, 15) is 4.79 Å². The first-order valence-corrected chi connectivity index (χ1v) is 9.24. The van der Waals surface area contributed by atoms with Gasteiger partial charge in [0.05, 0.1) is 6.04 Å². The van der Waals surface area contributed by atoms with Crippen LogP contribution in [0.3, 0.4) is 0 Å². The summed E-state index contributed by atoms with van der Waals surface area (Å²) in [6.07, 6.45) is 5.62. The molecule has 0 aliphatic carbocycles. The van der Waals surface area contributed by atoms with Gasteiger partial charge in [-0.25, -0.2) is 4.79 Å². The van der Waals surface area contributed by atoms with Gasteiger partial charge in [0.25, 0.3) is 0 Å². The first-order chi connectivity index (χ1) is 11.8. The number of urea groups is 1. The number of benzene rings is 1. The number of piperidine rings is 1. The molecule has 0 spiro atoms. The second-order valence-corrected chi connectivity index (χ2v) is 6.76. The predicted molar refractivity (Wildman–Crippen MR) is 95.0 cm³/mol. The molecule has 5 nitrogen and oxygen atoms in total. The van der Waals surface area contributed by atoms with Crippen LogP contribution in [0, 0.1) is 0 Å². The Hall–Kier alpha value is -1.59. The van der Waals surface area contributed by atoms with E-state index in [1.807, 2.05) is 6.07 Å². The van der Waals surface area contributed by atoms with Crippen LogP contribution in [0.4, 0.5) is 4.79 Å². The molecule has 1 atom stereocenters. The zero-order chi connectivity index (χ0) is 16.6. The number of ether oxygens (including phenoxy) is 1. The lowest BCUT2D eigenvalue weighted by Crippen LogP contribution is -2.47. The van der Waals surface area contributed by atoms with Crippen LogP contribution in [0.15, 0.2) is 30.3 Å². The number of carbonyl (C=O) groups excluding carboxylic acids is 1. The molecule has 1 aromatic carbocycles. The second-order valence-electron chi connectivity index (χ2n) is 6.76. The highest BCUT2D eigenvalue weighted by Crippen LogP contribution is 2.24. The summed E-state index contributed by atoms with van der Waals surface area (Å²) in [6.45, 7) is 4.36. The minimum absolute atomic E-state index is 0.0557. The maximum Gasteiger partial charge on any atom is 0.315 e. The Morgan fingerprint density at radius 2 is 1.83 bits per heavy atom. The van der Waals surface area contributed by atoms with Crippen LogP contribution in [0.2, 0.25) is 0 Å². The van der Waals surface area contributed by atoms with Gasteiger partial charge in [-0.1, -0.05) is 36.8 Å². The van der Waals surface area contributed by atoms with E-state index in [4.69, 9.17) is 4.74 Å². The first-order valence-electron chi connectivity index (χ1n) is 9.24. The van der Waals surface area contributed by atoms with E-state index in [-0.39, 0.29) is 18.1 Å². The van der Waals surface area contributed by atoms with E-state index >= 15 is 0 Å². The average Bonchev–Trinajstić information content (AvgIpc) is 2.64. The largest absolute Gasteiger partial charge is 0.381 e. The minimum Gasteiger partial charge on any atom is -0.381 e. The van der Waals surface area contributed by atoms with E-state index in [1.54, 1.807) is 0 Å². The van der Waals surface area contributed by atoms with Gasteiger partial charge in [-0.15, -0.1) is 0 Å². The van der Waals surface area contributed by atoms with Crippen LogP contribution in [-0.4, -0.2) is 49.8 Å². The number of nitrogens with one attached hydrogen (secondary N) is 2. The van der Waals surface area contributed by atoms with Gasteiger partial charge in [0, 0.05) is 25.8 Å². The van der Waals surface area contributed by atoms with Crippen molar-refractivity contribution >= 4 is 6.03 Å². The quantitative estimate of drug-likeness (QED) is 0.872. The van der Waals surface area contributed by atoms with Crippen molar-refractivity contribution in [3.63, 3.8) is 0 Å². The van der Waals surface area contributed by atoms with Crippen molar-refractivity contribution in [2.45, 2.75) is 44.2 Å². The summed E-state index contributed by atoms with van der Waals surface area (Å²) < 4.78 is 5.34. The zero-order valence-electron chi connectivity index (χ0n) is 14.4. The van der Waals surface area contributed by atoms with Gasteiger partial charge in [0.15, 0.2) is 0 Å². The van der Waals surface area contributed by atoms with Gasteiger partial charge in [-0.3, -0.25) is 4.90 Å². The third-order valence-electron chi connectivity index (χ3n) is 5.03. The molecule has 0 bridgehead atoms. The SMILES string of the molecule is O=C(NCC(c1ccccc1)N1CCCCC1)NC1CCOCC1. The molecular weight excluding hydrogens is 302 g/mol. The molecule has 2 fully saturated rings. The number of rotatable bonds is 5. The highest BCUT2D eigenvalue weighted by Gasteiger charge is 2.23. The first kappa shape index (κ1) is 17.2. The van der Waals surface area contributed by atoms with Crippen LogP contribution < -0.4 is 10.6 Å². The summed E-state index contributed by atoms with van der Waals surface area (Å²) >= 11 is 0. The Labute approximate surface area is 144 Å². The highest BCUT2D eigenvalue weighted by molar-refractivity contribution is 5.74. The number of likely N-dealkylation sites (tertiary alicyclic amines) is 1. The fourth-order valence-corrected chi connectivity index (χ4v) is 3.63. The minimum atomic E-state index is -0.0557. The summed E-state index contributed by atoms with van der Waals surface area (Å²) in [5.74, 6) is 0. The molecule has 2 heterocycles. The van der Waals surface area contributed by atoms with Crippen molar-refractivity contribution in [2.75, 3.05) is 32.8 Å². The fraction of sp³-hybridized carbons (Fsp3) is 0.632.